The van der Waals surface area contributed by atoms with Crippen molar-refractivity contribution in [2.75, 3.05) is 39.3 Å². The predicted octanol–water partition coefficient (Wildman–Crippen LogP) is 2.29. The summed E-state index contributed by atoms with van der Waals surface area (Å²) in [6.07, 6.45) is 3.58. The third-order valence-electron chi connectivity index (χ3n) is 5.22. The van der Waals surface area contributed by atoms with Crippen LogP contribution in [0.3, 0.4) is 0 Å². The monoisotopic (exact) mass is 383 g/mol. The highest BCUT2D eigenvalue weighted by atomic mass is 35.5. The summed E-state index contributed by atoms with van der Waals surface area (Å²) >= 11 is 5.39. The number of ether oxygens (including phenoxy) is 2. The number of hydrogen-bond donors (Lipinski definition) is 1. The van der Waals surface area contributed by atoms with Crippen molar-refractivity contribution >= 4 is 29.7 Å². The minimum Gasteiger partial charge on any atom is -0.486 e. The molecule has 5 nitrogen and oxygen atoms in total. The fourth-order valence-corrected chi connectivity index (χ4v) is 4.16. The van der Waals surface area contributed by atoms with Gasteiger partial charge in [-0.15, -0.1) is 12.4 Å². The quantitative estimate of drug-likeness (QED) is 0.804. The molecular formula is C18H26ClN3O2S. The summed E-state index contributed by atoms with van der Waals surface area (Å²) < 4.78 is 11.9. The van der Waals surface area contributed by atoms with Crippen LogP contribution in [0.5, 0.6) is 11.5 Å². The lowest BCUT2D eigenvalue weighted by Gasteiger charge is -2.37. The van der Waals surface area contributed by atoms with Crippen molar-refractivity contribution in [2.24, 2.45) is 0 Å². The van der Waals surface area contributed by atoms with Gasteiger partial charge in [0.1, 0.15) is 12.7 Å². The number of para-hydroxylation sites is 2. The molecule has 1 aromatic rings. The van der Waals surface area contributed by atoms with Crippen LogP contribution in [0, 0.1) is 0 Å². The third kappa shape index (κ3) is 4.30. The second kappa shape index (κ2) is 8.43. The minimum absolute atomic E-state index is 0. The number of nitrogens with one attached hydrogen (secondary N) is 1. The minimum atomic E-state index is 0. The SMILES string of the molecule is Cl.S=C1NCCN1C1CCN(CCC2COc3ccccc3O2)CC1. The molecule has 3 aliphatic rings. The number of nitrogens with zero attached hydrogens (tertiary/aromatic N) is 2. The lowest BCUT2D eigenvalue weighted by Crippen LogP contribution is -2.46. The van der Waals surface area contributed by atoms with Gasteiger partial charge in [0.05, 0.1) is 0 Å². The maximum atomic E-state index is 6.05. The van der Waals surface area contributed by atoms with Gasteiger partial charge in [-0.25, -0.2) is 0 Å². The van der Waals surface area contributed by atoms with Crippen LogP contribution in [0.15, 0.2) is 24.3 Å². The Balaban J connectivity index is 0.00000182. The molecule has 2 saturated heterocycles. The molecule has 3 heterocycles. The molecule has 2 fully saturated rings. The summed E-state index contributed by atoms with van der Waals surface area (Å²) in [5, 5.41) is 4.21. The van der Waals surface area contributed by atoms with Gasteiger partial charge >= 0.3 is 0 Å². The van der Waals surface area contributed by atoms with Gasteiger partial charge in [0.15, 0.2) is 16.6 Å². The van der Waals surface area contributed by atoms with E-state index in [2.05, 4.69) is 15.1 Å². The van der Waals surface area contributed by atoms with Crippen LogP contribution in [0.4, 0.5) is 0 Å². The van der Waals surface area contributed by atoms with Gasteiger partial charge in [0.25, 0.3) is 0 Å². The average molecular weight is 384 g/mol. The van der Waals surface area contributed by atoms with Crippen LogP contribution in [-0.2, 0) is 0 Å². The van der Waals surface area contributed by atoms with Crippen molar-refractivity contribution in [3.05, 3.63) is 24.3 Å². The zero-order valence-electron chi connectivity index (χ0n) is 14.4. The summed E-state index contributed by atoms with van der Waals surface area (Å²) in [5.74, 6) is 1.74. The zero-order chi connectivity index (χ0) is 16.4. The van der Waals surface area contributed by atoms with Crippen LogP contribution in [0.2, 0.25) is 0 Å². The molecular weight excluding hydrogens is 358 g/mol. The zero-order valence-corrected chi connectivity index (χ0v) is 16.0. The van der Waals surface area contributed by atoms with Gasteiger partial charge in [0.2, 0.25) is 0 Å². The fourth-order valence-electron chi connectivity index (χ4n) is 3.82. The standard InChI is InChI=1S/C18H25N3O2S.ClH/c24-18-19-8-12-21(18)14-5-9-20(10-6-14)11-7-15-13-22-16-3-1-2-4-17(16)23-15;/h1-4,14-15H,5-13H2,(H,19,24);1H. The topological polar surface area (TPSA) is 37.0 Å². The van der Waals surface area contributed by atoms with E-state index in [-0.39, 0.29) is 18.5 Å². The molecule has 1 aromatic carbocycles. The number of benzene rings is 1. The van der Waals surface area contributed by atoms with Gasteiger partial charge in [-0.05, 0) is 37.2 Å². The van der Waals surface area contributed by atoms with Crippen LogP contribution in [0.25, 0.3) is 0 Å². The largest absolute Gasteiger partial charge is 0.486 e. The van der Waals surface area contributed by atoms with E-state index in [0.717, 1.165) is 55.8 Å². The summed E-state index contributed by atoms with van der Waals surface area (Å²) in [7, 11) is 0. The van der Waals surface area contributed by atoms with Crippen molar-refractivity contribution in [3.8, 4) is 11.5 Å². The molecule has 3 aliphatic heterocycles. The van der Waals surface area contributed by atoms with Crippen molar-refractivity contribution in [3.63, 3.8) is 0 Å². The smallest absolute Gasteiger partial charge is 0.169 e. The first kappa shape index (κ1) is 18.5. The van der Waals surface area contributed by atoms with E-state index in [9.17, 15) is 0 Å². The van der Waals surface area contributed by atoms with E-state index in [1.54, 1.807) is 0 Å². The molecule has 4 rings (SSSR count). The predicted molar refractivity (Wildman–Crippen MR) is 105 cm³/mol. The first-order valence-electron chi connectivity index (χ1n) is 8.95. The third-order valence-corrected chi connectivity index (χ3v) is 5.60. The van der Waals surface area contributed by atoms with Crippen molar-refractivity contribution in [1.29, 1.82) is 0 Å². The Hall–Kier alpha value is -1.24. The van der Waals surface area contributed by atoms with Gasteiger partial charge in [0, 0.05) is 45.2 Å². The molecule has 0 spiro atoms. The van der Waals surface area contributed by atoms with Gasteiger partial charge in [-0.2, -0.15) is 0 Å². The number of piperidine rings is 1. The van der Waals surface area contributed by atoms with Crippen LogP contribution < -0.4 is 14.8 Å². The Kier molecular flexibility index (Phi) is 6.25. The van der Waals surface area contributed by atoms with Gasteiger partial charge < -0.3 is 24.6 Å². The number of rotatable bonds is 4. The first-order chi connectivity index (χ1) is 11.8. The second-order valence-electron chi connectivity index (χ2n) is 6.78. The van der Waals surface area contributed by atoms with E-state index in [1.165, 1.54) is 12.8 Å². The summed E-state index contributed by atoms with van der Waals surface area (Å²) in [6.45, 7) is 6.09. The number of hydrogen-bond acceptors (Lipinski definition) is 4. The first-order valence-corrected chi connectivity index (χ1v) is 9.36. The summed E-state index contributed by atoms with van der Waals surface area (Å²) in [5.41, 5.74) is 0. The van der Waals surface area contributed by atoms with Gasteiger partial charge in [-0.1, -0.05) is 12.1 Å². The highest BCUT2D eigenvalue weighted by molar-refractivity contribution is 7.80. The number of thiocarbonyl (C=S) groups is 1. The number of likely N-dealkylation sites (tertiary alicyclic amines) is 1. The molecule has 1 atom stereocenters. The van der Waals surface area contributed by atoms with Gasteiger partial charge in [-0.3, -0.25) is 0 Å². The molecule has 138 valence electrons. The van der Waals surface area contributed by atoms with Crippen LogP contribution in [0.1, 0.15) is 19.3 Å². The molecule has 0 amide bonds. The van der Waals surface area contributed by atoms with Crippen LogP contribution in [-0.4, -0.2) is 66.4 Å². The number of fused-ring (bicyclic) bond motifs is 1. The molecule has 0 saturated carbocycles. The van der Waals surface area contributed by atoms with E-state index in [1.807, 2.05) is 24.3 Å². The van der Waals surface area contributed by atoms with Crippen molar-refractivity contribution in [2.45, 2.75) is 31.4 Å². The molecule has 0 radical (unpaired) electrons. The Morgan fingerprint density at radius 1 is 1.12 bits per heavy atom. The second-order valence-corrected chi connectivity index (χ2v) is 7.17. The maximum Gasteiger partial charge on any atom is 0.169 e. The Morgan fingerprint density at radius 3 is 2.60 bits per heavy atom. The van der Waals surface area contributed by atoms with E-state index >= 15 is 0 Å². The fraction of sp³-hybridized carbons (Fsp3) is 0.611. The molecule has 1 N–H and O–H groups in total. The Morgan fingerprint density at radius 2 is 1.88 bits per heavy atom. The Labute approximate surface area is 161 Å². The van der Waals surface area contributed by atoms with Crippen molar-refractivity contribution < 1.29 is 9.47 Å². The van der Waals surface area contributed by atoms with E-state index < -0.39 is 0 Å². The molecule has 25 heavy (non-hydrogen) atoms. The molecule has 0 bridgehead atoms. The summed E-state index contributed by atoms with van der Waals surface area (Å²) in [4.78, 5) is 4.93. The maximum absolute atomic E-state index is 6.05. The molecule has 1 unspecified atom stereocenters. The lowest BCUT2D eigenvalue weighted by atomic mass is 10.0. The molecule has 0 aromatic heterocycles. The normalized spacial score (nSPS) is 23.9. The van der Waals surface area contributed by atoms with E-state index in [0.29, 0.717) is 12.6 Å². The molecule has 0 aliphatic carbocycles. The van der Waals surface area contributed by atoms with E-state index in [4.69, 9.17) is 21.7 Å². The van der Waals surface area contributed by atoms with Crippen molar-refractivity contribution in [1.82, 2.24) is 15.1 Å². The summed E-state index contributed by atoms with van der Waals surface area (Å²) in [6, 6.07) is 8.54. The Bertz CT molecular complexity index is 595. The molecule has 7 heteroatoms. The average Bonchev–Trinajstić information content (AvgIpc) is 3.06. The lowest BCUT2D eigenvalue weighted by molar-refractivity contribution is 0.0689. The highest BCUT2D eigenvalue weighted by Crippen LogP contribution is 2.31. The number of halogens is 1. The van der Waals surface area contributed by atoms with Crippen LogP contribution >= 0.6 is 24.6 Å². The highest BCUT2D eigenvalue weighted by Gasteiger charge is 2.29.